The van der Waals surface area contributed by atoms with Crippen LogP contribution < -0.4 is 5.32 Å². The van der Waals surface area contributed by atoms with Gasteiger partial charge < -0.3 is 24.3 Å². The average molecular weight is 529 g/mol. The maximum atomic E-state index is 13.5. The van der Waals surface area contributed by atoms with Gasteiger partial charge in [-0.25, -0.2) is 9.69 Å². The molecule has 1 aromatic heterocycles. The van der Waals surface area contributed by atoms with E-state index in [-0.39, 0.29) is 24.5 Å². The number of benzene rings is 1. The normalized spacial score (nSPS) is 17.5. The molecule has 0 radical (unpaired) electrons. The Morgan fingerprint density at radius 2 is 1.82 bits per heavy atom. The van der Waals surface area contributed by atoms with Gasteiger partial charge in [0.25, 0.3) is 0 Å². The number of nitrogens with one attached hydrogen (secondary N) is 1. The lowest BCUT2D eigenvalue weighted by atomic mass is 9.72. The number of nitrogens with zero attached hydrogens (tertiary/aromatic N) is 3. The molecule has 2 aromatic rings. The highest BCUT2D eigenvalue weighted by atomic mass is 16.5. The number of carbonyl (C=O) groups excluding carboxylic acids is 3. The first-order valence-corrected chi connectivity index (χ1v) is 13.9. The molecule has 1 aliphatic rings. The zero-order valence-corrected chi connectivity index (χ0v) is 23.8. The van der Waals surface area contributed by atoms with Gasteiger partial charge in [-0.2, -0.15) is 0 Å². The van der Waals surface area contributed by atoms with Crippen molar-refractivity contribution in [3.8, 4) is 0 Å². The molecule has 0 spiro atoms. The predicted molar refractivity (Wildman–Crippen MR) is 147 cm³/mol. The molecule has 4 amide bonds. The van der Waals surface area contributed by atoms with Crippen LogP contribution in [-0.2, 0) is 14.3 Å². The van der Waals surface area contributed by atoms with E-state index < -0.39 is 17.7 Å². The summed E-state index contributed by atoms with van der Waals surface area (Å²) in [6, 6.07) is 6.95. The third kappa shape index (κ3) is 6.04. The van der Waals surface area contributed by atoms with Gasteiger partial charge in [0.05, 0.1) is 17.7 Å². The van der Waals surface area contributed by atoms with Gasteiger partial charge in [-0.3, -0.25) is 9.59 Å². The molecule has 1 fully saturated rings. The highest BCUT2D eigenvalue weighted by Gasteiger charge is 2.62. The van der Waals surface area contributed by atoms with E-state index in [1.165, 1.54) is 0 Å². The number of hydrogen-bond donors (Lipinski definition) is 1. The smallest absolute Gasteiger partial charge is 0.326 e. The summed E-state index contributed by atoms with van der Waals surface area (Å²) in [4.78, 5) is 44.6. The fourth-order valence-electron chi connectivity index (χ4n) is 5.22. The lowest BCUT2D eigenvalue weighted by molar-refractivity contribution is -0.211. The highest BCUT2D eigenvalue weighted by Crippen LogP contribution is 2.46. The molecular weight excluding hydrogens is 484 g/mol. The van der Waals surface area contributed by atoms with Crippen LogP contribution in [0.25, 0.3) is 11.0 Å². The molecule has 2 atom stereocenters. The first-order valence-electron chi connectivity index (χ1n) is 13.9. The molecule has 3 rings (SSSR count). The van der Waals surface area contributed by atoms with Crippen molar-refractivity contribution in [1.82, 2.24) is 20.0 Å². The van der Waals surface area contributed by atoms with E-state index in [0.717, 1.165) is 47.5 Å². The van der Waals surface area contributed by atoms with Crippen molar-refractivity contribution < 1.29 is 23.5 Å². The predicted octanol–water partition coefficient (Wildman–Crippen LogP) is 4.78. The Morgan fingerprint density at radius 3 is 2.45 bits per heavy atom. The molecule has 0 saturated carbocycles. The molecule has 9 nitrogen and oxygen atoms in total. The number of urea groups is 1. The lowest BCUT2D eigenvalue weighted by Gasteiger charge is -2.53. The maximum absolute atomic E-state index is 13.5. The number of likely N-dealkylation sites (N-methyl/N-ethyl adjacent to an activating group) is 2. The fraction of sp³-hybridized carbons (Fsp3) is 0.621. The van der Waals surface area contributed by atoms with Crippen molar-refractivity contribution in [3.05, 3.63) is 36.1 Å². The molecule has 0 aliphatic carbocycles. The Hall–Kier alpha value is -2.91. The van der Waals surface area contributed by atoms with Crippen molar-refractivity contribution >= 4 is 28.8 Å². The minimum absolute atomic E-state index is 0.171. The Labute approximate surface area is 226 Å². The van der Waals surface area contributed by atoms with Crippen molar-refractivity contribution in [2.24, 2.45) is 5.41 Å². The minimum Gasteiger partial charge on any atom is -0.464 e. The standard InChI is InChI=1S/C29H44N4O5/c1-7-12-23(21-13-14-24-22(19-21)15-18-37-24)30-28(36)33-26(35)29(8-2,9-3)27(33)38-20-25(34)31(6)16-17-32(10-4)11-5/h13-15,18-19,23,27H,7-12,16-17,20H2,1-6H3,(H,30,36)/t23-,27+/m1/s1. The van der Waals surface area contributed by atoms with Crippen molar-refractivity contribution in [2.75, 3.05) is 39.8 Å². The summed E-state index contributed by atoms with van der Waals surface area (Å²) in [7, 11) is 1.75. The molecule has 9 heteroatoms. The molecule has 1 aliphatic heterocycles. The first kappa shape index (κ1) is 29.6. The third-order valence-corrected chi connectivity index (χ3v) is 8.02. The number of hydrogen-bond acceptors (Lipinski definition) is 6. The molecular formula is C29H44N4O5. The summed E-state index contributed by atoms with van der Waals surface area (Å²) in [6.45, 7) is 13.1. The monoisotopic (exact) mass is 528 g/mol. The van der Waals surface area contributed by atoms with Gasteiger partial charge in [-0.1, -0.05) is 47.1 Å². The molecule has 38 heavy (non-hydrogen) atoms. The van der Waals surface area contributed by atoms with Crippen molar-refractivity contribution in [2.45, 2.75) is 72.6 Å². The van der Waals surface area contributed by atoms with E-state index >= 15 is 0 Å². The van der Waals surface area contributed by atoms with E-state index in [1.54, 1.807) is 18.2 Å². The number of furan rings is 1. The SMILES string of the molecule is CCC[C@@H](NC(=O)N1C(=O)C(CC)(CC)[C@@H]1OCC(=O)N(C)CCN(CC)CC)c1ccc2occc2c1. The van der Waals surface area contributed by atoms with Crippen molar-refractivity contribution in [1.29, 1.82) is 0 Å². The number of likely N-dealkylation sites (tertiary alicyclic amines) is 1. The number of ether oxygens (including phenoxy) is 1. The van der Waals surface area contributed by atoms with Gasteiger partial charge in [0, 0.05) is 25.5 Å². The first-order chi connectivity index (χ1) is 18.3. The van der Waals surface area contributed by atoms with Crippen LogP contribution in [-0.4, -0.2) is 78.6 Å². The number of fused-ring (bicyclic) bond motifs is 1. The van der Waals surface area contributed by atoms with E-state index in [1.807, 2.05) is 38.1 Å². The van der Waals surface area contributed by atoms with Gasteiger partial charge in [-0.05, 0) is 56.1 Å². The number of carbonyl (C=O) groups is 3. The van der Waals surface area contributed by atoms with E-state index in [0.29, 0.717) is 25.8 Å². The summed E-state index contributed by atoms with van der Waals surface area (Å²) >= 11 is 0. The third-order valence-electron chi connectivity index (χ3n) is 8.02. The highest BCUT2D eigenvalue weighted by molar-refractivity contribution is 6.03. The van der Waals surface area contributed by atoms with Crippen LogP contribution in [0.15, 0.2) is 34.9 Å². The number of rotatable bonds is 14. The van der Waals surface area contributed by atoms with Gasteiger partial charge in [0.2, 0.25) is 11.8 Å². The zero-order chi connectivity index (χ0) is 27.9. The molecule has 0 unspecified atom stereocenters. The molecule has 210 valence electrons. The quantitative estimate of drug-likeness (QED) is 0.355. The van der Waals surface area contributed by atoms with Gasteiger partial charge in [0.1, 0.15) is 12.2 Å². The number of amides is 4. The molecule has 1 saturated heterocycles. The Kier molecular flexibility index (Phi) is 10.3. The van der Waals surface area contributed by atoms with Crippen LogP contribution in [0, 0.1) is 5.41 Å². The van der Waals surface area contributed by atoms with E-state index in [4.69, 9.17) is 9.15 Å². The van der Waals surface area contributed by atoms with Gasteiger partial charge in [-0.15, -0.1) is 0 Å². The molecule has 0 bridgehead atoms. The summed E-state index contributed by atoms with van der Waals surface area (Å²) < 4.78 is 11.5. The zero-order valence-electron chi connectivity index (χ0n) is 23.8. The van der Waals surface area contributed by atoms with Crippen molar-refractivity contribution in [3.63, 3.8) is 0 Å². The summed E-state index contributed by atoms with van der Waals surface area (Å²) in [5.41, 5.74) is 0.916. The minimum atomic E-state index is -0.812. The Morgan fingerprint density at radius 1 is 1.11 bits per heavy atom. The number of β-lactam (4-membered cyclic amide) rings is 1. The molecule has 1 N–H and O–H groups in total. The lowest BCUT2D eigenvalue weighted by Crippen LogP contribution is -2.72. The van der Waals surface area contributed by atoms with Gasteiger partial charge in [0.15, 0.2) is 6.23 Å². The van der Waals surface area contributed by atoms with E-state index in [9.17, 15) is 14.4 Å². The van der Waals surface area contributed by atoms with E-state index in [2.05, 4.69) is 31.0 Å². The summed E-state index contributed by atoms with van der Waals surface area (Å²) in [5.74, 6) is -0.428. The second-order valence-electron chi connectivity index (χ2n) is 10.1. The van der Waals surface area contributed by atoms with Gasteiger partial charge >= 0.3 is 6.03 Å². The largest absolute Gasteiger partial charge is 0.464 e. The number of imide groups is 1. The molecule has 1 aromatic carbocycles. The molecule has 2 heterocycles. The van der Waals surface area contributed by atoms with Crippen LogP contribution >= 0.6 is 0 Å². The maximum Gasteiger partial charge on any atom is 0.326 e. The van der Waals surface area contributed by atoms with Crippen LogP contribution in [0.4, 0.5) is 4.79 Å². The Bertz CT molecular complexity index is 1090. The van der Waals surface area contributed by atoms with Crippen LogP contribution in [0.5, 0.6) is 0 Å². The fourth-order valence-corrected chi connectivity index (χ4v) is 5.22. The second-order valence-corrected chi connectivity index (χ2v) is 10.1. The Balaban J connectivity index is 1.71. The second kappa shape index (κ2) is 13.2. The van der Waals surface area contributed by atoms with Crippen LogP contribution in [0.3, 0.4) is 0 Å². The summed E-state index contributed by atoms with van der Waals surface area (Å²) in [6.07, 6.45) is 3.47. The van der Waals surface area contributed by atoms with Crippen LogP contribution in [0.1, 0.15) is 71.9 Å². The average Bonchev–Trinajstić information content (AvgIpc) is 3.39. The topological polar surface area (TPSA) is 95.3 Å². The van der Waals surface area contributed by atoms with Crippen LogP contribution in [0.2, 0.25) is 0 Å². The summed E-state index contributed by atoms with van der Waals surface area (Å²) in [5, 5.41) is 4.01.